The second kappa shape index (κ2) is 8.83. The second-order valence-corrected chi connectivity index (χ2v) is 8.50. The Morgan fingerprint density at radius 2 is 2.00 bits per heavy atom. The van der Waals surface area contributed by atoms with Gasteiger partial charge in [-0.1, -0.05) is 18.2 Å². The summed E-state index contributed by atoms with van der Waals surface area (Å²) in [6.45, 7) is 4.00. The van der Waals surface area contributed by atoms with Gasteiger partial charge in [0.15, 0.2) is 5.82 Å². The zero-order chi connectivity index (χ0) is 23.8. The first-order chi connectivity index (χ1) is 16.5. The van der Waals surface area contributed by atoms with Crippen LogP contribution in [0.5, 0.6) is 0 Å². The smallest absolute Gasteiger partial charge is 0.407 e. The number of para-hydroxylation sites is 1. The third kappa shape index (κ3) is 3.88. The minimum Gasteiger partial charge on any atom is -0.465 e. The number of aryl methyl sites for hydroxylation is 2. The highest BCUT2D eigenvalue weighted by molar-refractivity contribution is 5.98. The van der Waals surface area contributed by atoms with Gasteiger partial charge in [-0.2, -0.15) is 0 Å². The van der Waals surface area contributed by atoms with Crippen molar-refractivity contribution in [3.05, 3.63) is 54.1 Å². The first kappa shape index (κ1) is 22.0. The highest BCUT2D eigenvalue weighted by Crippen LogP contribution is 2.30. The molecule has 176 valence electrons. The molecule has 34 heavy (non-hydrogen) atoms. The summed E-state index contributed by atoms with van der Waals surface area (Å²) < 4.78 is 9.75. The highest BCUT2D eigenvalue weighted by atomic mass is 16.5. The molecule has 9 heteroatoms. The molecule has 1 saturated heterocycles. The van der Waals surface area contributed by atoms with E-state index in [0.29, 0.717) is 18.7 Å². The van der Waals surface area contributed by atoms with Crippen molar-refractivity contribution in [3.8, 4) is 11.5 Å². The number of carboxylic acid groups (broad SMARTS) is 1. The Balaban J connectivity index is 1.45. The number of nitrogens with one attached hydrogen (secondary N) is 1. The number of aromatic nitrogens is 3. The molecule has 5 rings (SSSR count). The molecule has 0 aliphatic carbocycles. The number of nitrogens with zero attached hydrogens (tertiary/aromatic N) is 4. The van der Waals surface area contributed by atoms with Crippen LogP contribution in [0.4, 0.5) is 4.79 Å². The summed E-state index contributed by atoms with van der Waals surface area (Å²) in [6.07, 6.45) is -1.02. The third-order valence-electron chi connectivity index (χ3n) is 6.37. The van der Waals surface area contributed by atoms with Gasteiger partial charge in [0.1, 0.15) is 0 Å². The number of carbonyl (C=O) groups is 2. The predicted octanol–water partition coefficient (Wildman–Crippen LogP) is 3.32. The molecular formula is C25H27N5O4. The number of rotatable bonds is 4. The molecular weight excluding hydrogens is 434 g/mol. The first-order valence-corrected chi connectivity index (χ1v) is 11.4. The average molecular weight is 462 g/mol. The Hall–Kier alpha value is -3.85. The van der Waals surface area contributed by atoms with Crippen LogP contribution in [-0.4, -0.2) is 68.5 Å². The second-order valence-electron chi connectivity index (χ2n) is 8.50. The van der Waals surface area contributed by atoms with E-state index in [1.807, 2.05) is 29.8 Å². The molecule has 1 aliphatic heterocycles. The van der Waals surface area contributed by atoms with Crippen LogP contribution in [0.3, 0.4) is 0 Å². The summed E-state index contributed by atoms with van der Waals surface area (Å²) >= 11 is 0. The van der Waals surface area contributed by atoms with Crippen molar-refractivity contribution in [2.75, 3.05) is 26.3 Å². The summed E-state index contributed by atoms with van der Waals surface area (Å²) in [4.78, 5) is 30.4. The van der Waals surface area contributed by atoms with E-state index in [-0.39, 0.29) is 19.1 Å². The molecule has 2 aromatic heterocycles. The lowest BCUT2D eigenvalue weighted by molar-refractivity contribution is 0.0882. The lowest BCUT2D eigenvalue weighted by Crippen LogP contribution is -2.46. The topological polar surface area (TPSA) is 102 Å². The van der Waals surface area contributed by atoms with Crippen molar-refractivity contribution in [2.24, 2.45) is 7.05 Å². The Kier molecular flexibility index (Phi) is 5.70. The Bertz CT molecular complexity index is 1390. The maximum absolute atomic E-state index is 13.0. The van der Waals surface area contributed by atoms with Gasteiger partial charge >= 0.3 is 6.09 Å². The first-order valence-electron chi connectivity index (χ1n) is 11.4. The minimum atomic E-state index is -1.02. The number of amides is 2. The van der Waals surface area contributed by atoms with Crippen LogP contribution in [0.15, 0.2) is 48.5 Å². The summed E-state index contributed by atoms with van der Waals surface area (Å²) in [7, 11) is 1.98. The Labute approximate surface area is 196 Å². The zero-order valence-corrected chi connectivity index (χ0v) is 19.2. The van der Waals surface area contributed by atoms with Gasteiger partial charge < -0.3 is 29.2 Å². The van der Waals surface area contributed by atoms with Gasteiger partial charge in [-0.15, -0.1) is 0 Å². The van der Waals surface area contributed by atoms with Crippen molar-refractivity contribution in [1.82, 2.24) is 24.3 Å². The molecule has 9 nitrogen and oxygen atoms in total. The highest BCUT2D eigenvalue weighted by Gasteiger charge is 2.24. The van der Waals surface area contributed by atoms with Crippen LogP contribution in [0.2, 0.25) is 0 Å². The number of imidazole rings is 1. The van der Waals surface area contributed by atoms with Gasteiger partial charge in [0.05, 0.1) is 36.0 Å². The number of carbonyl (C=O) groups excluding carboxylic acids is 1. The van der Waals surface area contributed by atoms with Gasteiger partial charge in [0, 0.05) is 43.1 Å². The van der Waals surface area contributed by atoms with E-state index in [4.69, 9.17) is 9.72 Å². The molecule has 1 atom stereocenters. The zero-order valence-electron chi connectivity index (χ0n) is 19.2. The van der Waals surface area contributed by atoms with Gasteiger partial charge in [0.25, 0.3) is 5.91 Å². The molecule has 2 aromatic carbocycles. The molecule has 2 amide bonds. The van der Waals surface area contributed by atoms with Gasteiger partial charge in [-0.3, -0.25) is 4.79 Å². The summed E-state index contributed by atoms with van der Waals surface area (Å²) in [5.74, 6) is 0.553. The molecule has 2 N–H and O–H groups in total. The van der Waals surface area contributed by atoms with E-state index < -0.39 is 12.1 Å². The number of hydrogen-bond donors (Lipinski definition) is 2. The summed E-state index contributed by atoms with van der Waals surface area (Å²) in [5.41, 5.74) is 4.31. The predicted molar refractivity (Wildman–Crippen MR) is 129 cm³/mol. The maximum Gasteiger partial charge on any atom is 0.407 e. The van der Waals surface area contributed by atoms with E-state index in [1.165, 1.54) is 4.90 Å². The molecule has 0 bridgehead atoms. The normalized spacial score (nSPS) is 16.6. The molecule has 3 heterocycles. The van der Waals surface area contributed by atoms with Crippen LogP contribution >= 0.6 is 0 Å². The fourth-order valence-electron chi connectivity index (χ4n) is 4.65. The molecule has 0 radical (unpaired) electrons. The van der Waals surface area contributed by atoms with Crippen LogP contribution in [-0.2, 0) is 18.3 Å². The van der Waals surface area contributed by atoms with Gasteiger partial charge in [0.2, 0.25) is 0 Å². The maximum atomic E-state index is 13.0. The number of fused-ring (bicyclic) bond motifs is 2. The Morgan fingerprint density at radius 1 is 1.18 bits per heavy atom. The van der Waals surface area contributed by atoms with E-state index in [0.717, 1.165) is 40.0 Å². The quantitative estimate of drug-likeness (QED) is 0.486. The number of ether oxygens (including phenoxy) is 1. The van der Waals surface area contributed by atoms with E-state index in [9.17, 15) is 14.7 Å². The van der Waals surface area contributed by atoms with Crippen LogP contribution in [0.1, 0.15) is 17.3 Å². The van der Waals surface area contributed by atoms with Crippen molar-refractivity contribution < 1.29 is 19.4 Å². The van der Waals surface area contributed by atoms with Crippen molar-refractivity contribution in [1.29, 1.82) is 0 Å². The summed E-state index contributed by atoms with van der Waals surface area (Å²) in [5, 5.41) is 13.4. The largest absolute Gasteiger partial charge is 0.465 e. The van der Waals surface area contributed by atoms with Crippen molar-refractivity contribution in [3.63, 3.8) is 0 Å². The number of benzene rings is 2. The lowest BCUT2D eigenvalue weighted by Gasteiger charge is -2.21. The standard InChI is InChI=1S/C25H27N5O4/c1-3-30-20-7-5-4-6-16(20)13-22(30)23-27-19-12-17(8-9-21(19)28(23)2)24(31)26-18-14-29(25(32)33)10-11-34-15-18/h4-9,12-13,18H,3,10-11,14-15H2,1-2H3,(H,26,31)(H,32,33). The molecule has 0 spiro atoms. The fraction of sp³-hybridized carbons (Fsp3) is 0.320. The average Bonchev–Trinajstić information content (AvgIpc) is 3.26. The van der Waals surface area contributed by atoms with Crippen LogP contribution in [0.25, 0.3) is 33.5 Å². The SMILES string of the molecule is CCn1c(-c2nc3cc(C(=O)NC4COCCN(C(=O)O)C4)ccc3n2C)cc2ccccc21. The monoisotopic (exact) mass is 461 g/mol. The lowest BCUT2D eigenvalue weighted by atomic mass is 10.1. The molecule has 1 fully saturated rings. The van der Waals surface area contributed by atoms with Crippen molar-refractivity contribution in [2.45, 2.75) is 19.5 Å². The van der Waals surface area contributed by atoms with Crippen LogP contribution in [0, 0.1) is 0 Å². The van der Waals surface area contributed by atoms with E-state index in [1.54, 1.807) is 12.1 Å². The van der Waals surface area contributed by atoms with Crippen LogP contribution < -0.4 is 5.32 Å². The molecule has 4 aromatic rings. The third-order valence-corrected chi connectivity index (χ3v) is 6.37. The van der Waals surface area contributed by atoms with Crippen molar-refractivity contribution >= 4 is 33.9 Å². The Morgan fingerprint density at radius 3 is 2.79 bits per heavy atom. The minimum absolute atomic E-state index is 0.193. The molecule has 1 unspecified atom stereocenters. The molecule has 0 saturated carbocycles. The fourth-order valence-corrected chi connectivity index (χ4v) is 4.65. The van der Waals surface area contributed by atoms with Gasteiger partial charge in [-0.25, -0.2) is 9.78 Å². The van der Waals surface area contributed by atoms with E-state index in [2.05, 4.69) is 35.0 Å². The summed E-state index contributed by atoms with van der Waals surface area (Å²) in [6, 6.07) is 15.4. The van der Waals surface area contributed by atoms with E-state index >= 15 is 0 Å². The molecule has 1 aliphatic rings. The number of hydrogen-bond acceptors (Lipinski definition) is 4. The van der Waals surface area contributed by atoms with Gasteiger partial charge in [-0.05, 0) is 37.3 Å².